The van der Waals surface area contributed by atoms with Gasteiger partial charge in [-0.1, -0.05) is 6.92 Å². The zero-order valence-electron chi connectivity index (χ0n) is 8.32. The normalized spacial score (nSPS) is 9.86. The van der Waals surface area contributed by atoms with E-state index in [1.807, 2.05) is 6.92 Å². The molecule has 4 heteroatoms. The second-order valence-corrected chi connectivity index (χ2v) is 2.92. The van der Waals surface area contributed by atoms with Crippen LogP contribution >= 0.6 is 0 Å². The number of aryl methyl sites for hydroxylation is 1. The number of ether oxygens (including phenoxy) is 1. The summed E-state index contributed by atoms with van der Waals surface area (Å²) in [6.07, 6.45) is 3.32. The van der Waals surface area contributed by atoms with Crippen molar-refractivity contribution < 1.29 is 14.3 Å². The highest BCUT2D eigenvalue weighted by Crippen LogP contribution is 2.10. The molecule has 0 aliphatic carbocycles. The van der Waals surface area contributed by atoms with Crippen LogP contribution in [0.15, 0.2) is 12.3 Å². The molecule has 0 spiro atoms. The molecule has 1 heterocycles. The summed E-state index contributed by atoms with van der Waals surface area (Å²) < 4.78 is 6.31. The van der Waals surface area contributed by atoms with E-state index < -0.39 is 5.97 Å². The quantitative estimate of drug-likeness (QED) is 0.540. The van der Waals surface area contributed by atoms with Crippen LogP contribution in [0, 0.1) is 0 Å². The molecule has 4 nitrogen and oxygen atoms in total. The first kappa shape index (κ1) is 10.5. The Kier molecular flexibility index (Phi) is 3.45. The first-order valence-corrected chi connectivity index (χ1v) is 4.47. The van der Waals surface area contributed by atoms with Crippen molar-refractivity contribution in [3.63, 3.8) is 0 Å². The van der Waals surface area contributed by atoms with Gasteiger partial charge in [0, 0.05) is 12.7 Å². The summed E-state index contributed by atoms with van der Waals surface area (Å²) in [7, 11) is 1.30. The number of aldehydes is 1. The van der Waals surface area contributed by atoms with Crippen LogP contribution in [-0.4, -0.2) is 23.9 Å². The van der Waals surface area contributed by atoms with Crippen LogP contribution in [-0.2, 0) is 11.3 Å². The predicted molar refractivity (Wildman–Crippen MR) is 51.5 cm³/mol. The number of rotatable bonds is 4. The molecule has 0 aliphatic rings. The van der Waals surface area contributed by atoms with Gasteiger partial charge in [0.2, 0.25) is 0 Å². The van der Waals surface area contributed by atoms with Crippen molar-refractivity contribution in [2.45, 2.75) is 19.9 Å². The van der Waals surface area contributed by atoms with E-state index in [2.05, 4.69) is 4.74 Å². The van der Waals surface area contributed by atoms with E-state index in [4.69, 9.17) is 0 Å². The summed E-state index contributed by atoms with van der Waals surface area (Å²) >= 11 is 0. The standard InChI is InChI=1S/C10H13NO3/c1-3-5-11-6-4-8(9(11)7-12)10(13)14-2/h4,6-7H,3,5H2,1-2H3. The van der Waals surface area contributed by atoms with Gasteiger partial charge in [0.15, 0.2) is 6.29 Å². The summed E-state index contributed by atoms with van der Waals surface area (Å²) in [5.41, 5.74) is 0.717. The lowest BCUT2D eigenvalue weighted by molar-refractivity contribution is 0.0598. The number of aromatic nitrogens is 1. The van der Waals surface area contributed by atoms with Crippen LogP contribution in [0.25, 0.3) is 0 Å². The average molecular weight is 195 g/mol. The van der Waals surface area contributed by atoms with Crippen molar-refractivity contribution in [2.24, 2.45) is 0 Å². The van der Waals surface area contributed by atoms with Crippen molar-refractivity contribution in [3.8, 4) is 0 Å². The van der Waals surface area contributed by atoms with Gasteiger partial charge in [-0.25, -0.2) is 4.79 Å². The molecule has 1 aromatic rings. The van der Waals surface area contributed by atoms with Crippen molar-refractivity contribution in [3.05, 3.63) is 23.5 Å². The third kappa shape index (κ3) is 1.84. The molecule has 0 aromatic carbocycles. The molecule has 0 saturated heterocycles. The summed E-state index contributed by atoms with van der Waals surface area (Å²) in [4.78, 5) is 22.0. The maximum absolute atomic E-state index is 11.2. The molecular weight excluding hydrogens is 182 g/mol. The molecule has 0 N–H and O–H groups in total. The predicted octanol–water partition coefficient (Wildman–Crippen LogP) is 1.50. The van der Waals surface area contributed by atoms with Gasteiger partial charge in [0.25, 0.3) is 0 Å². The van der Waals surface area contributed by atoms with Crippen molar-refractivity contribution in [1.29, 1.82) is 0 Å². The Morgan fingerprint density at radius 1 is 1.64 bits per heavy atom. The molecule has 0 unspecified atom stereocenters. The Morgan fingerprint density at radius 2 is 2.36 bits per heavy atom. The summed E-state index contributed by atoms with van der Waals surface area (Å²) in [6.45, 7) is 2.73. The maximum Gasteiger partial charge on any atom is 0.340 e. The van der Waals surface area contributed by atoms with E-state index in [1.54, 1.807) is 16.8 Å². The molecule has 0 bridgehead atoms. The molecule has 0 amide bonds. The first-order valence-electron chi connectivity index (χ1n) is 4.47. The number of carbonyl (C=O) groups is 2. The lowest BCUT2D eigenvalue weighted by atomic mass is 10.2. The monoisotopic (exact) mass is 195 g/mol. The van der Waals surface area contributed by atoms with Gasteiger partial charge in [-0.05, 0) is 12.5 Å². The van der Waals surface area contributed by atoms with Crippen LogP contribution in [0.5, 0.6) is 0 Å². The maximum atomic E-state index is 11.2. The molecule has 0 radical (unpaired) electrons. The number of nitrogens with zero attached hydrogens (tertiary/aromatic N) is 1. The fraction of sp³-hybridized carbons (Fsp3) is 0.400. The minimum Gasteiger partial charge on any atom is -0.465 e. The minimum absolute atomic E-state index is 0.330. The van der Waals surface area contributed by atoms with Gasteiger partial charge in [-0.15, -0.1) is 0 Å². The molecule has 0 fully saturated rings. The Labute approximate surface area is 82.5 Å². The fourth-order valence-corrected chi connectivity index (χ4v) is 1.33. The minimum atomic E-state index is -0.470. The Hall–Kier alpha value is -1.58. The molecule has 1 rings (SSSR count). The second kappa shape index (κ2) is 4.60. The number of carbonyl (C=O) groups excluding carboxylic acids is 2. The summed E-state index contributed by atoms with van der Waals surface area (Å²) in [5.74, 6) is -0.470. The van der Waals surface area contributed by atoms with Crippen molar-refractivity contribution in [2.75, 3.05) is 7.11 Å². The van der Waals surface area contributed by atoms with E-state index in [-0.39, 0.29) is 0 Å². The molecule has 0 saturated carbocycles. The third-order valence-corrected chi connectivity index (χ3v) is 1.99. The van der Waals surface area contributed by atoms with Gasteiger partial charge in [0.05, 0.1) is 18.4 Å². The SMILES string of the molecule is CCCn1ccc(C(=O)OC)c1C=O. The fourth-order valence-electron chi connectivity index (χ4n) is 1.33. The second-order valence-electron chi connectivity index (χ2n) is 2.92. The molecule has 14 heavy (non-hydrogen) atoms. The van der Waals surface area contributed by atoms with Crippen molar-refractivity contribution in [1.82, 2.24) is 4.57 Å². The zero-order chi connectivity index (χ0) is 10.6. The van der Waals surface area contributed by atoms with Crippen LogP contribution in [0.2, 0.25) is 0 Å². The largest absolute Gasteiger partial charge is 0.465 e. The first-order chi connectivity index (χ1) is 6.74. The van der Waals surface area contributed by atoms with Crippen LogP contribution in [0.4, 0.5) is 0 Å². The molecule has 76 valence electrons. The van der Waals surface area contributed by atoms with Gasteiger partial charge < -0.3 is 9.30 Å². The Balaban J connectivity index is 3.06. The van der Waals surface area contributed by atoms with E-state index in [0.29, 0.717) is 17.5 Å². The highest BCUT2D eigenvalue weighted by molar-refractivity contribution is 5.97. The highest BCUT2D eigenvalue weighted by Gasteiger charge is 2.14. The Morgan fingerprint density at radius 3 is 2.86 bits per heavy atom. The summed E-state index contributed by atoms with van der Waals surface area (Å²) in [5, 5.41) is 0. The molecular formula is C10H13NO3. The van der Waals surface area contributed by atoms with Gasteiger partial charge in [-0.2, -0.15) is 0 Å². The number of methoxy groups -OCH3 is 1. The number of hydrogen-bond donors (Lipinski definition) is 0. The number of hydrogen-bond acceptors (Lipinski definition) is 3. The van der Waals surface area contributed by atoms with Crippen molar-refractivity contribution >= 4 is 12.3 Å². The molecule has 0 aliphatic heterocycles. The third-order valence-electron chi connectivity index (χ3n) is 1.99. The van der Waals surface area contributed by atoms with Crippen LogP contribution in [0.3, 0.4) is 0 Å². The van der Waals surface area contributed by atoms with E-state index in [0.717, 1.165) is 13.0 Å². The average Bonchev–Trinajstić information content (AvgIpc) is 2.60. The lowest BCUT2D eigenvalue weighted by Gasteiger charge is -2.03. The zero-order valence-corrected chi connectivity index (χ0v) is 8.32. The Bertz CT molecular complexity index is 341. The van der Waals surface area contributed by atoms with E-state index in [9.17, 15) is 9.59 Å². The van der Waals surface area contributed by atoms with Crippen LogP contribution in [0.1, 0.15) is 34.2 Å². The molecule has 0 atom stereocenters. The smallest absolute Gasteiger partial charge is 0.340 e. The summed E-state index contributed by atoms with van der Waals surface area (Å²) in [6, 6.07) is 1.60. The van der Waals surface area contributed by atoms with Crippen LogP contribution < -0.4 is 0 Å². The topological polar surface area (TPSA) is 48.3 Å². The van der Waals surface area contributed by atoms with Gasteiger partial charge in [-0.3, -0.25) is 4.79 Å². The highest BCUT2D eigenvalue weighted by atomic mass is 16.5. The number of esters is 1. The van der Waals surface area contributed by atoms with E-state index >= 15 is 0 Å². The lowest BCUT2D eigenvalue weighted by Crippen LogP contribution is -2.07. The van der Waals surface area contributed by atoms with Gasteiger partial charge >= 0.3 is 5.97 Å². The van der Waals surface area contributed by atoms with E-state index in [1.165, 1.54) is 7.11 Å². The van der Waals surface area contributed by atoms with Gasteiger partial charge in [0.1, 0.15) is 0 Å². The molecule has 1 aromatic heterocycles.